The van der Waals surface area contributed by atoms with Gasteiger partial charge in [-0.2, -0.15) is 0 Å². The van der Waals surface area contributed by atoms with Crippen LogP contribution in [0, 0.1) is 6.92 Å². The lowest BCUT2D eigenvalue weighted by atomic mass is 10.0. The molecule has 0 saturated carbocycles. The Balaban J connectivity index is 1.38. The molecule has 168 valence electrons. The van der Waals surface area contributed by atoms with Crippen molar-refractivity contribution in [2.24, 2.45) is 0 Å². The molecule has 8 nitrogen and oxygen atoms in total. The van der Waals surface area contributed by atoms with Crippen molar-refractivity contribution in [2.45, 2.75) is 20.0 Å². The minimum atomic E-state index is -0.551. The number of para-hydroxylation sites is 1. The average Bonchev–Trinajstić information content (AvgIpc) is 2.83. The van der Waals surface area contributed by atoms with Gasteiger partial charge in [0.15, 0.2) is 0 Å². The molecular weight excluding hydrogens is 432 g/mol. The van der Waals surface area contributed by atoms with Crippen LogP contribution in [-0.2, 0) is 17.8 Å². The highest BCUT2D eigenvalue weighted by atomic mass is 16.5. The number of aromatic amines is 1. The summed E-state index contributed by atoms with van der Waals surface area (Å²) in [5.41, 5.74) is 2.91. The second kappa shape index (κ2) is 8.74. The summed E-state index contributed by atoms with van der Waals surface area (Å²) >= 11 is 0. The van der Waals surface area contributed by atoms with E-state index in [1.807, 2.05) is 19.1 Å². The molecule has 34 heavy (non-hydrogen) atoms. The molecule has 1 N–H and O–H groups in total. The topological polar surface area (TPSA) is 106 Å². The molecule has 0 unspecified atom stereocenters. The van der Waals surface area contributed by atoms with Gasteiger partial charge in [-0.05, 0) is 42.3 Å². The number of aryl methyl sites for hydroxylation is 1. The van der Waals surface area contributed by atoms with Gasteiger partial charge in [0.2, 0.25) is 0 Å². The third kappa shape index (κ3) is 4.21. The van der Waals surface area contributed by atoms with Crippen LogP contribution in [-0.4, -0.2) is 25.3 Å². The molecular formula is C26H20N4O4. The first-order valence-corrected chi connectivity index (χ1v) is 10.7. The molecule has 0 spiro atoms. The maximum absolute atomic E-state index is 12.9. The normalized spacial score (nSPS) is 11.1. The first-order valence-electron chi connectivity index (χ1n) is 10.7. The summed E-state index contributed by atoms with van der Waals surface area (Å²) in [5, 5.41) is 0.507. The van der Waals surface area contributed by atoms with Gasteiger partial charge in [0.1, 0.15) is 18.1 Å². The number of carbonyl (C=O) groups excluding carboxylic acids is 1. The van der Waals surface area contributed by atoms with Crippen LogP contribution in [0.4, 0.5) is 0 Å². The average molecular weight is 452 g/mol. The van der Waals surface area contributed by atoms with Crippen LogP contribution < -0.4 is 11.1 Å². The van der Waals surface area contributed by atoms with Gasteiger partial charge in [0.05, 0.1) is 22.2 Å². The summed E-state index contributed by atoms with van der Waals surface area (Å²) in [5.74, 6) is -0.104. The number of H-pyrrole nitrogens is 1. The lowest BCUT2D eigenvalue weighted by Crippen LogP contribution is -2.17. The Morgan fingerprint density at radius 3 is 2.68 bits per heavy atom. The fourth-order valence-electron chi connectivity index (χ4n) is 3.82. The number of benzene rings is 2. The molecule has 3 aromatic heterocycles. The van der Waals surface area contributed by atoms with Gasteiger partial charge in [-0.15, -0.1) is 0 Å². The number of aromatic nitrogens is 4. The Labute approximate surface area is 193 Å². The van der Waals surface area contributed by atoms with Crippen molar-refractivity contribution in [3.05, 3.63) is 122 Å². The van der Waals surface area contributed by atoms with Gasteiger partial charge in [-0.25, -0.2) is 14.8 Å². The standard InChI is InChI=1S/C26H20N4O4/c1-16-10-11-23-27-18(13-24(31)30(23)14-16)15-34-26(33)19-7-3-2-6-17(19)12-22-28-21-9-5-4-8-20(21)25(32)29-22/h2-11,13-14H,12,15H2,1H3,(H,28,29,32). The molecule has 8 heteroatoms. The Hall–Kier alpha value is -4.59. The number of hydrogen-bond acceptors (Lipinski definition) is 6. The van der Waals surface area contributed by atoms with E-state index in [9.17, 15) is 14.4 Å². The summed E-state index contributed by atoms with van der Waals surface area (Å²) in [7, 11) is 0. The van der Waals surface area contributed by atoms with Gasteiger partial charge in [-0.3, -0.25) is 14.0 Å². The lowest BCUT2D eigenvalue weighted by Gasteiger charge is -2.10. The Kier molecular flexibility index (Phi) is 5.47. The maximum Gasteiger partial charge on any atom is 0.338 e. The quantitative estimate of drug-likeness (QED) is 0.411. The van der Waals surface area contributed by atoms with Gasteiger partial charge in [0.25, 0.3) is 11.1 Å². The zero-order chi connectivity index (χ0) is 23.7. The fourth-order valence-corrected chi connectivity index (χ4v) is 3.82. The molecule has 0 amide bonds. The largest absolute Gasteiger partial charge is 0.456 e. The zero-order valence-corrected chi connectivity index (χ0v) is 18.3. The number of nitrogens with one attached hydrogen (secondary N) is 1. The van der Waals surface area contributed by atoms with Crippen LogP contribution >= 0.6 is 0 Å². The number of esters is 1. The van der Waals surface area contributed by atoms with Crippen molar-refractivity contribution in [1.29, 1.82) is 0 Å². The third-order valence-electron chi connectivity index (χ3n) is 5.47. The van der Waals surface area contributed by atoms with Gasteiger partial charge in [-0.1, -0.05) is 36.4 Å². The summed E-state index contributed by atoms with van der Waals surface area (Å²) in [6.45, 7) is 1.75. The number of rotatable bonds is 5. The minimum absolute atomic E-state index is 0.141. The number of fused-ring (bicyclic) bond motifs is 2. The van der Waals surface area contributed by atoms with E-state index in [2.05, 4.69) is 15.0 Å². The molecule has 0 aliphatic carbocycles. The Morgan fingerprint density at radius 2 is 1.79 bits per heavy atom. The first kappa shape index (κ1) is 21.3. The van der Waals surface area contributed by atoms with E-state index in [-0.39, 0.29) is 24.1 Å². The molecule has 3 heterocycles. The summed E-state index contributed by atoms with van der Waals surface area (Å²) in [6, 6.07) is 19.0. The Morgan fingerprint density at radius 1 is 1.00 bits per heavy atom. The van der Waals surface area contributed by atoms with Crippen molar-refractivity contribution in [3.8, 4) is 0 Å². The second-order valence-corrected chi connectivity index (χ2v) is 7.96. The SMILES string of the molecule is Cc1ccc2nc(COC(=O)c3ccccc3Cc3nc4ccccc4c(=O)[nH]3)cc(=O)n2c1. The molecule has 0 fully saturated rings. The summed E-state index contributed by atoms with van der Waals surface area (Å²) < 4.78 is 6.92. The van der Waals surface area contributed by atoms with Crippen molar-refractivity contribution in [1.82, 2.24) is 19.4 Å². The van der Waals surface area contributed by atoms with Gasteiger partial charge < -0.3 is 9.72 Å². The molecule has 5 rings (SSSR count). The summed E-state index contributed by atoms with van der Waals surface area (Å²) in [4.78, 5) is 49.4. The zero-order valence-electron chi connectivity index (χ0n) is 18.3. The lowest BCUT2D eigenvalue weighted by molar-refractivity contribution is 0.0466. The van der Waals surface area contributed by atoms with E-state index in [0.717, 1.165) is 5.56 Å². The highest BCUT2D eigenvalue weighted by Crippen LogP contribution is 2.16. The number of hydrogen-bond donors (Lipinski definition) is 1. The van der Waals surface area contributed by atoms with Crippen molar-refractivity contribution >= 4 is 22.5 Å². The van der Waals surface area contributed by atoms with E-state index >= 15 is 0 Å². The maximum atomic E-state index is 12.9. The van der Waals surface area contributed by atoms with Crippen LogP contribution in [0.3, 0.4) is 0 Å². The van der Waals surface area contributed by atoms with Gasteiger partial charge >= 0.3 is 5.97 Å². The van der Waals surface area contributed by atoms with E-state index in [4.69, 9.17) is 4.74 Å². The van der Waals surface area contributed by atoms with E-state index in [1.54, 1.807) is 54.7 Å². The van der Waals surface area contributed by atoms with Crippen molar-refractivity contribution < 1.29 is 9.53 Å². The predicted molar refractivity (Wildman–Crippen MR) is 127 cm³/mol. The number of ether oxygens (including phenoxy) is 1. The van der Waals surface area contributed by atoms with Crippen LogP contribution in [0.2, 0.25) is 0 Å². The van der Waals surface area contributed by atoms with Crippen LogP contribution in [0.1, 0.15) is 33.0 Å². The minimum Gasteiger partial charge on any atom is -0.456 e. The number of pyridine rings is 1. The third-order valence-corrected chi connectivity index (χ3v) is 5.47. The Bertz CT molecular complexity index is 1670. The van der Waals surface area contributed by atoms with Crippen LogP contribution in [0.15, 0.2) is 82.5 Å². The van der Waals surface area contributed by atoms with Crippen LogP contribution in [0.5, 0.6) is 0 Å². The molecule has 5 aromatic rings. The molecule has 0 bridgehead atoms. The molecule has 0 aliphatic rings. The molecule has 0 aliphatic heterocycles. The number of nitrogens with zero attached hydrogens (tertiary/aromatic N) is 3. The predicted octanol–water partition coefficient (Wildman–Crippen LogP) is 3.19. The molecule has 0 atom stereocenters. The highest BCUT2D eigenvalue weighted by Gasteiger charge is 2.15. The van der Waals surface area contributed by atoms with Gasteiger partial charge in [0, 0.05) is 18.7 Å². The molecule has 2 aromatic carbocycles. The second-order valence-electron chi connectivity index (χ2n) is 7.96. The fraction of sp³-hybridized carbons (Fsp3) is 0.115. The van der Waals surface area contributed by atoms with E-state index in [0.29, 0.717) is 39.2 Å². The molecule has 0 radical (unpaired) electrons. The number of carbonyl (C=O) groups is 1. The van der Waals surface area contributed by atoms with E-state index < -0.39 is 5.97 Å². The monoisotopic (exact) mass is 452 g/mol. The van der Waals surface area contributed by atoms with Crippen molar-refractivity contribution in [2.75, 3.05) is 0 Å². The first-order chi connectivity index (χ1) is 16.5. The van der Waals surface area contributed by atoms with Crippen LogP contribution in [0.25, 0.3) is 16.6 Å². The van der Waals surface area contributed by atoms with Crippen molar-refractivity contribution in [3.63, 3.8) is 0 Å². The summed E-state index contributed by atoms with van der Waals surface area (Å²) in [6.07, 6.45) is 1.96. The molecule has 0 saturated heterocycles. The highest BCUT2D eigenvalue weighted by molar-refractivity contribution is 5.91. The smallest absolute Gasteiger partial charge is 0.338 e. The van der Waals surface area contributed by atoms with E-state index in [1.165, 1.54) is 10.5 Å².